The Morgan fingerprint density at radius 2 is 2.33 bits per heavy atom. The Kier molecular flexibility index (Phi) is 4.93. The van der Waals surface area contributed by atoms with Gasteiger partial charge in [0.1, 0.15) is 12.1 Å². The molecule has 1 aromatic rings. The Balaban J connectivity index is 2.04. The van der Waals surface area contributed by atoms with E-state index in [9.17, 15) is 0 Å². The first-order valence-electron chi connectivity index (χ1n) is 7.09. The summed E-state index contributed by atoms with van der Waals surface area (Å²) >= 11 is 0. The molecule has 100 valence electrons. The molecule has 0 aliphatic carbocycles. The van der Waals surface area contributed by atoms with Crippen molar-refractivity contribution in [3.8, 4) is 0 Å². The van der Waals surface area contributed by atoms with Crippen LogP contribution in [0.1, 0.15) is 38.7 Å². The molecule has 0 amide bonds. The van der Waals surface area contributed by atoms with Crippen molar-refractivity contribution in [1.82, 2.24) is 15.3 Å². The van der Waals surface area contributed by atoms with Crippen LogP contribution in [-0.4, -0.2) is 29.6 Å². The van der Waals surface area contributed by atoms with Crippen LogP contribution in [0.25, 0.3) is 0 Å². The van der Waals surface area contributed by atoms with Gasteiger partial charge in [0.05, 0.1) is 0 Å². The number of hydrogen-bond donors (Lipinski definition) is 1. The average Bonchev–Trinajstić information content (AvgIpc) is 2.86. The maximum Gasteiger partial charge on any atom is 0.136 e. The topological polar surface area (TPSA) is 41.1 Å². The van der Waals surface area contributed by atoms with Crippen LogP contribution in [0.3, 0.4) is 0 Å². The van der Waals surface area contributed by atoms with Crippen LogP contribution in [0.15, 0.2) is 12.5 Å². The standard InChI is InChI=1S/C14H24N4/c1-3-5-12-6-7-18(10-12)14-13(8-15-4-2)9-16-11-17-14/h9,11-12,15H,3-8,10H2,1-2H3. The third-order valence-electron chi connectivity index (χ3n) is 3.61. The molecule has 0 saturated carbocycles. The van der Waals surface area contributed by atoms with Crippen molar-refractivity contribution in [1.29, 1.82) is 0 Å². The number of aromatic nitrogens is 2. The number of nitrogens with one attached hydrogen (secondary N) is 1. The van der Waals surface area contributed by atoms with Gasteiger partial charge < -0.3 is 10.2 Å². The fraction of sp³-hybridized carbons (Fsp3) is 0.714. The largest absolute Gasteiger partial charge is 0.356 e. The first-order valence-corrected chi connectivity index (χ1v) is 7.09. The summed E-state index contributed by atoms with van der Waals surface area (Å²) in [6.45, 7) is 8.53. The maximum atomic E-state index is 4.48. The lowest BCUT2D eigenvalue weighted by atomic mass is 10.0. The Morgan fingerprint density at radius 1 is 1.44 bits per heavy atom. The number of nitrogens with zero attached hydrogens (tertiary/aromatic N) is 3. The zero-order chi connectivity index (χ0) is 12.8. The normalized spacial score (nSPS) is 19.4. The quantitative estimate of drug-likeness (QED) is 0.838. The number of anilines is 1. The molecule has 0 spiro atoms. The predicted octanol–water partition coefficient (Wildman–Crippen LogP) is 2.21. The zero-order valence-corrected chi connectivity index (χ0v) is 11.5. The fourth-order valence-electron chi connectivity index (χ4n) is 2.69. The molecule has 1 N–H and O–H groups in total. The van der Waals surface area contributed by atoms with Gasteiger partial charge in [-0.3, -0.25) is 0 Å². The van der Waals surface area contributed by atoms with Crippen molar-refractivity contribution in [3.63, 3.8) is 0 Å². The van der Waals surface area contributed by atoms with Gasteiger partial charge in [-0.25, -0.2) is 9.97 Å². The van der Waals surface area contributed by atoms with Gasteiger partial charge in [-0.15, -0.1) is 0 Å². The molecule has 1 saturated heterocycles. The van der Waals surface area contributed by atoms with E-state index in [1.54, 1.807) is 6.33 Å². The lowest BCUT2D eigenvalue weighted by molar-refractivity contribution is 0.529. The highest BCUT2D eigenvalue weighted by Crippen LogP contribution is 2.26. The van der Waals surface area contributed by atoms with E-state index in [2.05, 4.69) is 34.0 Å². The summed E-state index contributed by atoms with van der Waals surface area (Å²) in [5.74, 6) is 1.97. The van der Waals surface area contributed by atoms with E-state index in [4.69, 9.17) is 0 Å². The van der Waals surface area contributed by atoms with Crippen LogP contribution < -0.4 is 10.2 Å². The number of rotatable bonds is 6. The summed E-state index contributed by atoms with van der Waals surface area (Å²) in [5, 5.41) is 3.36. The Hall–Kier alpha value is -1.16. The molecule has 4 heteroatoms. The van der Waals surface area contributed by atoms with E-state index < -0.39 is 0 Å². The van der Waals surface area contributed by atoms with E-state index in [1.165, 1.54) is 24.8 Å². The highest BCUT2D eigenvalue weighted by molar-refractivity contribution is 5.46. The molecule has 0 bridgehead atoms. The molecular formula is C14H24N4. The highest BCUT2D eigenvalue weighted by atomic mass is 15.2. The summed E-state index contributed by atoms with van der Waals surface area (Å²) in [6.07, 6.45) is 7.53. The first-order chi connectivity index (χ1) is 8.85. The predicted molar refractivity (Wildman–Crippen MR) is 74.6 cm³/mol. The average molecular weight is 248 g/mol. The Bertz CT molecular complexity index is 367. The van der Waals surface area contributed by atoms with Gasteiger partial charge in [-0.1, -0.05) is 20.3 Å². The van der Waals surface area contributed by atoms with Crippen LogP contribution in [0.5, 0.6) is 0 Å². The molecule has 2 rings (SSSR count). The summed E-state index contributed by atoms with van der Waals surface area (Å²) in [7, 11) is 0. The van der Waals surface area contributed by atoms with E-state index in [1.807, 2.05) is 6.20 Å². The minimum absolute atomic E-state index is 0.844. The second-order valence-corrected chi connectivity index (χ2v) is 5.04. The molecule has 0 aromatic carbocycles. The lowest BCUT2D eigenvalue weighted by Crippen LogP contribution is -2.24. The first kappa shape index (κ1) is 13.3. The molecule has 1 atom stereocenters. The van der Waals surface area contributed by atoms with E-state index in [0.717, 1.165) is 37.9 Å². The van der Waals surface area contributed by atoms with E-state index in [0.29, 0.717) is 0 Å². The van der Waals surface area contributed by atoms with Crippen LogP contribution in [0.2, 0.25) is 0 Å². The molecule has 18 heavy (non-hydrogen) atoms. The summed E-state index contributed by atoms with van der Waals surface area (Å²) < 4.78 is 0. The Morgan fingerprint density at radius 3 is 3.11 bits per heavy atom. The monoisotopic (exact) mass is 248 g/mol. The third-order valence-corrected chi connectivity index (χ3v) is 3.61. The molecule has 1 aromatic heterocycles. The van der Waals surface area contributed by atoms with E-state index in [-0.39, 0.29) is 0 Å². The summed E-state index contributed by atoms with van der Waals surface area (Å²) in [5.41, 5.74) is 1.22. The van der Waals surface area contributed by atoms with E-state index >= 15 is 0 Å². The van der Waals surface area contributed by atoms with Gasteiger partial charge in [-0.2, -0.15) is 0 Å². The molecule has 1 aliphatic heterocycles. The minimum Gasteiger partial charge on any atom is -0.356 e. The van der Waals surface area contributed by atoms with Gasteiger partial charge in [0.15, 0.2) is 0 Å². The van der Waals surface area contributed by atoms with Crippen LogP contribution in [0, 0.1) is 5.92 Å². The summed E-state index contributed by atoms with van der Waals surface area (Å²) in [4.78, 5) is 11.1. The third kappa shape index (κ3) is 3.19. The maximum absolute atomic E-state index is 4.48. The highest BCUT2D eigenvalue weighted by Gasteiger charge is 2.24. The molecule has 0 radical (unpaired) electrons. The fourth-order valence-corrected chi connectivity index (χ4v) is 2.69. The van der Waals surface area contributed by atoms with Crippen LogP contribution >= 0.6 is 0 Å². The van der Waals surface area contributed by atoms with Gasteiger partial charge in [-0.05, 0) is 25.3 Å². The van der Waals surface area contributed by atoms with Crippen molar-refractivity contribution < 1.29 is 0 Å². The van der Waals surface area contributed by atoms with Crippen molar-refractivity contribution in [2.45, 2.75) is 39.7 Å². The molecule has 1 aliphatic rings. The van der Waals surface area contributed by atoms with Crippen molar-refractivity contribution in [2.75, 3.05) is 24.5 Å². The van der Waals surface area contributed by atoms with Gasteiger partial charge in [0.25, 0.3) is 0 Å². The molecule has 1 unspecified atom stereocenters. The zero-order valence-electron chi connectivity index (χ0n) is 11.5. The second kappa shape index (κ2) is 6.69. The van der Waals surface area contributed by atoms with Crippen LogP contribution in [0.4, 0.5) is 5.82 Å². The second-order valence-electron chi connectivity index (χ2n) is 5.04. The lowest BCUT2D eigenvalue weighted by Gasteiger charge is -2.20. The molecule has 1 fully saturated rings. The van der Waals surface area contributed by atoms with Crippen molar-refractivity contribution in [3.05, 3.63) is 18.1 Å². The van der Waals surface area contributed by atoms with Gasteiger partial charge in [0, 0.05) is 31.4 Å². The smallest absolute Gasteiger partial charge is 0.136 e. The van der Waals surface area contributed by atoms with Crippen molar-refractivity contribution >= 4 is 5.82 Å². The van der Waals surface area contributed by atoms with Crippen LogP contribution in [-0.2, 0) is 6.54 Å². The number of hydrogen-bond acceptors (Lipinski definition) is 4. The SMILES string of the molecule is CCCC1CCN(c2ncncc2CNCC)C1. The van der Waals surface area contributed by atoms with Crippen molar-refractivity contribution in [2.24, 2.45) is 5.92 Å². The molecular weight excluding hydrogens is 224 g/mol. The summed E-state index contributed by atoms with van der Waals surface area (Å²) in [6, 6.07) is 0. The Labute approximate surface area is 110 Å². The minimum atomic E-state index is 0.844. The van der Waals surface area contributed by atoms with Gasteiger partial charge in [0.2, 0.25) is 0 Å². The van der Waals surface area contributed by atoms with Gasteiger partial charge >= 0.3 is 0 Å². The molecule has 2 heterocycles. The molecule has 4 nitrogen and oxygen atoms in total.